The van der Waals surface area contributed by atoms with E-state index >= 15 is 0 Å². The monoisotopic (exact) mass is 141 g/mol. The molecule has 10 heavy (non-hydrogen) atoms. The van der Waals surface area contributed by atoms with Gasteiger partial charge in [-0.3, -0.25) is 5.84 Å². The van der Waals surface area contributed by atoms with Gasteiger partial charge in [0, 0.05) is 12.2 Å². The molecule has 0 fully saturated rings. The Balaban J connectivity index is 3.82. The maximum Gasteiger partial charge on any atom is 0.0399 e. The Bertz CT molecular complexity index is 127. The minimum absolute atomic E-state index is 0.808. The van der Waals surface area contributed by atoms with E-state index in [0.29, 0.717) is 0 Å². The molecule has 3 nitrogen and oxygen atoms in total. The number of rotatable bonds is 4. The number of nitrogens with two attached hydrogens (primary N) is 1. The molecule has 0 unspecified atom stereocenters. The second-order valence-electron chi connectivity index (χ2n) is 2.31. The van der Waals surface area contributed by atoms with Crippen molar-refractivity contribution >= 4 is 0 Å². The third kappa shape index (κ3) is 4.12. The van der Waals surface area contributed by atoms with Crippen LogP contribution in [0.15, 0.2) is 24.4 Å². The number of hydrogen-bond acceptors (Lipinski definition) is 3. The van der Waals surface area contributed by atoms with Crippen molar-refractivity contribution in [1.29, 1.82) is 0 Å². The lowest BCUT2D eigenvalue weighted by molar-refractivity contribution is 0.433. The van der Waals surface area contributed by atoms with Crippen LogP contribution in [0.2, 0.25) is 0 Å². The molecule has 0 heterocycles. The van der Waals surface area contributed by atoms with E-state index in [4.69, 9.17) is 5.84 Å². The number of allylic oxidation sites excluding steroid dienone is 2. The molecule has 58 valence electrons. The van der Waals surface area contributed by atoms with Crippen LogP contribution in [0.25, 0.3) is 0 Å². The fourth-order valence-electron chi connectivity index (χ4n) is 0.629. The van der Waals surface area contributed by atoms with Crippen molar-refractivity contribution in [1.82, 2.24) is 10.3 Å². The fourth-order valence-corrected chi connectivity index (χ4v) is 0.629. The summed E-state index contributed by atoms with van der Waals surface area (Å²) in [6.07, 6.45) is 3.55. The van der Waals surface area contributed by atoms with Crippen LogP contribution in [-0.2, 0) is 0 Å². The summed E-state index contributed by atoms with van der Waals surface area (Å²) >= 11 is 0. The van der Waals surface area contributed by atoms with Gasteiger partial charge in [-0.05, 0) is 20.2 Å². The van der Waals surface area contributed by atoms with E-state index in [0.717, 1.165) is 12.2 Å². The van der Waals surface area contributed by atoms with Gasteiger partial charge in [-0.15, -0.1) is 0 Å². The minimum atomic E-state index is 0.808. The van der Waals surface area contributed by atoms with E-state index < -0.39 is 0 Å². The summed E-state index contributed by atoms with van der Waals surface area (Å²) in [6, 6.07) is 0. The fraction of sp³-hybridized carbons (Fsp3) is 0.429. The molecule has 0 bridgehead atoms. The average Bonchev–Trinajstić information content (AvgIpc) is 1.86. The van der Waals surface area contributed by atoms with Gasteiger partial charge in [0.1, 0.15) is 0 Å². The smallest absolute Gasteiger partial charge is 0.0399 e. The van der Waals surface area contributed by atoms with E-state index in [1.54, 1.807) is 6.08 Å². The molecule has 0 spiro atoms. The van der Waals surface area contributed by atoms with E-state index in [-0.39, 0.29) is 0 Å². The van der Waals surface area contributed by atoms with Gasteiger partial charge in [-0.1, -0.05) is 12.7 Å². The first kappa shape index (κ1) is 9.20. The Hall–Kier alpha value is -0.800. The summed E-state index contributed by atoms with van der Waals surface area (Å²) < 4.78 is 0. The zero-order valence-electron chi connectivity index (χ0n) is 6.59. The van der Waals surface area contributed by atoms with Crippen LogP contribution in [0.5, 0.6) is 0 Å². The van der Waals surface area contributed by atoms with E-state index in [9.17, 15) is 0 Å². The summed E-state index contributed by atoms with van der Waals surface area (Å²) in [5.41, 5.74) is 3.54. The molecule has 0 aromatic heterocycles. The molecular weight excluding hydrogens is 126 g/mol. The molecule has 0 aromatic carbocycles. The SMILES string of the molecule is C=C/C=C(/CN(C)C)NN. The Morgan fingerprint density at radius 3 is 2.60 bits per heavy atom. The van der Waals surface area contributed by atoms with Crippen LogP contribution in [0.1, 0.15) is 0 Å². The van der Waals surface area contributed by atoms with Gasteiger partial charge < -0.3 is 10.3 Å². The van der Waals surface area contributed by atoms with E-state index in [1.165, 1.54) is 0 Å². The Labute approximate surface area is 62.2 Å². The molecule has 0 amide bonds. The molecule has 0 atom stereocenters. The van der Waals surface area contributed by atoms with Crippen molar-refractivity contribution < 1.29 is 0 Å². The largest absolute Gasteiger partial charge is 0.327 e. The Kier molecular flexibility index (Phi) is 4.62. The third-order valence-electron chi connectivity index (χ3n) is 0.991. The summed E-state index contributed by atoms with van der Waals surface area (Å²) in [5.74, 6) is 5.21. The molecular formula is C7H15N3. The molecule has 0 saturated heterocycles. The van der Waals surface area contributed by atoms with Crippen molar-refractivity contribution in [3.05, 3.63) is 24.4 Å². The number of nitrogens with one attached hydrogen (secondary N) is 1. The highest BCUT2D eigenvalue weighted by Gasteiger charge is 1.93. The highest BCUT2D eigenvalue weighted by molar-refractivity contribution is 5.08. The van der Waals surface area contributed by atoms with Crippen molar-refractivity contribution in [2.45, 2.75) is 0 Å². The third-order valence-corrected chi connectivity index (χ3v) is 0.991. The predicted molar refractivity (Wildman–Crippen MR) is 44.2 cm³/mol. The number of hydrazine groups is 1. The predicted octanol–water partition coefficient (Wildman–Crippen LogP) is 0.0812. The normalized spacial score (nSPS) is 11.8. The van der Waals surface area contributed by atoms with Crippen LogP contribution in [0.4, 0.5) is 0 Å². The number of nitrogens with zero attached hydrogens (tertiary/aromatic N) is 1. The summed E-state index contributed by atoms with van der Waals surface area (Å²) in [7, 11) is 3.96. The first-order valence-corrected chi connectivity index (χ1v) is 3.13. The van der Waals surface area contributed by atoms with Gasteiger partial charge in [0.05, 0.1) is 0 Å². The molecule has 0 aliphatic carbocycles. The molecule has 0 aromatic rings. The van der Waals surface area contributed by atoms with E-state index in [2.05, 4.69) is 12.0 Å². The zero-order chi connectivity index (χ0) is 7.98. The quantitative estimate of drug-likeness (QED) is 0.331. The number of hydrogen-bond donors (Lipinski definition) is 2. The molecule has 0 radical (unpaired) electrons. The van der Waals surface area contributed by atoms with Gasteiger partial charge in [0.2, 0.25) is 0 Å². The maximum atomic E-state index is 5.21. The van der Waals surface area contributed by atoms with Gasteiger partial charge in [0.25, 0.3) is 0 Å². The van der Waals surface area contributed by atoms with E-state index in [1.807, 2.05) is 25.1 Å². The average molecular weight is 141 g/mol. The van der Waals surface area contributed by atoms with Crippen LogP contribution in [-0.4, -0.2) is 25.5 Å². The molecule has 0 saturated carbocycles. The standard InChI is InChI=1S/C7H15N3/c1-4-5-7(9-8)6-10(2)3/h4-5,9H,1,6,8H2,2-3H3/b7-5-. The molecule has 0 aliphatic heterocycles. The lowest BCUT2D eigenvalue weighted by atomic mass is 10.4. The molecule has 0 rings (SSSR count). The molecule has 3 N–H and O–H groups in total. The van der Waals surface area contributed by atoms with Crippen LogP contribution in [0, 0.1) is 0 Å². The maximum absolute atomic E-state index is 5.21. The zero-order valence-corrected chi connectivity index (χ0v) is 6.59. The van der Waals surface area contributed by atoms with Crippen molar-refractivity contribution in [2.75, 3.05) is 20.6 Å². The van der Waals surface area contributed by atoms with Crippen molar-refractivity contribution in [3.8, 4) is 0 Å². The summed E-state index contributed by atoms with van der Waals surface area (Å²) in [6.45, 7) is 4.37. The van der Waals surface area contributed by atoms with Gasteiger partial charge in [0.15, 0.2) is 0 Å². The minimum Gasteiger partial charge on any atom is -0.327 e. The summed E-state index contributed by atoms with van der Waals surface area (Å²) in [4.78, 5) is 2.02. The Morgan fingerprint density at radius 1 is 1.70 bits per heavy atom. The van der Waals surface area contributed by atoms with Crippen LogP contribution in [0.3, 0.4) is 0 Å². The second kappa shape index (κ2) is 5.02. The first-order chi connectivity index (χ1) is 4.70. The Morgan fingerprint density at radius 2 is 2.30 bits per heavy atom. The van der Waals surface area contributed by atoms with Crippen LogP contribution < -0.4 is 11.3 Å². The molecule has 0 aliphatic rings. The second-order valence-corrected chi connectivity index (χ2v) is 2.31. The summed E-state index contributed by atoms with van der Waals surface area (Å²) in [5, 5.41) is 0. The van der Waals surface area contributed by atoms with Crippen molar-refractivity contribution in [2.24, 2.45) is 5.84 Å². The highest BCUT2D eigenvalue weighted by Crippen LogP contribution is 1.88. The van der Waals surface area contributed by atoms with Gasteiger partial charge in [-0.2, -0.15) is 0 Å². The van der Waals surface area contributed by atoms with Crippen molar-refractivity contribution in [3.63, 3.8) is 0 Å². The molecule has 3 heteroatoms. The lowest BCUT2D eigenvalue weighted by Gasteiger charge is -2.11. The van der Waals surface area contributed by atoms with Gasteiger partial charge in [-0.25, -0.2) is 0 Å². The van der Waals surface area contributed by atoms with Gasteiger partial charge >= 0.3 is 0 Å². The number of likely N-dealkylation sites (N-methyl/N-ethyl adjacent to an activating group) is 1. The lowest BCUT2D eigenvalue weighted by Crippen LogP contribution is -2.28. The first-order valence-electron chi connectivity index (χ1n) is 3.13. The highest BCUT2D eigenvalue weighted by atomic mass is 15.2. The topological polar surface area (TPSA) is 41.3 Å². The van der Waals surface area contributed by atoms with Crippen LogP contribution >= 0.6 is 0 Å².